The van der Waals surface area contributed by atoms with Crippen molar-refractivity contribution in [1.29, 1.82) is 0 Å². The number of amides is 1. The summed E-state index contributed by atoms with van der Waals surface area (Å²) < 4.78 is 0. The maximum absolute atomic E-state index is 10.9. The first-order valence-electron chi connectivity index (χ1n) is 4.00. The first-order valence-corrected chi connectivity index (χ1v) is 4.00. The number of carbonyl (C=O) groups is 1. The molecule has 0 unspecified atom stereocenters. The number of aromatic nitrogens is 2. The van der Waals surface area contributed by atoms with Gasteiger partial charge < -0.3 is 11.5 Å². The minimum Gasteiger partial charge on any atom is -0.382 e. The van der Waals surface area contributed by atoms with Gasteiger partial charge in [-0.1, -0.05) is 12.1 Å². The summed E-state index contributed by atoms with van der Waals surface area (Å²) in [6.45, 7) is 0. The third-order valence-corrected chi connectivity index (χ3v) is 1.83. The number of anilines is 1. The van der Waals surface area contributed by atoms with Crippen molar-refractivity contribution in [2.24, 2.45) is 5.73 Å². The zero-order valence-corrected chi connectivity index (χ0v) is 7.27. The number of para-hydroxylation sites is 2. The van der Waals surface area contributed by atoms with Gasteiger partial charge in [0.15, 0.2) is 11.5 Å². The Bertz CT molecular complexity index is 509. The van der Waals surface area contributed by atoms with E-state index in [1.165, 1.54) is 0 Å². The number of rotatable bonds is 1. The van der Waals surface area contributed by atoms with Gasteiger partial charge in [-0.25, -0.2) is 9.97 Å². The summed E-state index contributed by atoms with van der Waals surface area (Å²) in [5, 5.41) is 0. The van der Waals surface area contributed by atoms with Crippen LogP contribution in [0.2, 0.25) is 0 Å². The highest BCUT2D eigenvalue weighted by molar-refractivity contribution is 5.97. The molecule has 0 atom stereocenters. The molecule has 0 aliphatic carbocycles. The topological polar surface area (TPSA) is 94.9 Å². The summed E-state index contributed by atoms with van der Waals surface area (Å²) in [4.78, 5) is 18.9. The highest BCUT2D eigenvalue weighted by atomic mass is 16.1. The van der Waals surface area contributed by atoms with Crippen LogP contribution in [0.1, 0.15) is 10.5 Å². The summed E-state index contributed by atoms with van der Waals surface area (Å²) in [5.41, 5.74) is 11.9. The minimum absolute atomic E-state index is 0.0173. The number of nitrogens with zero attached hydrogens (tertiary/aromatic N) is 2. The molecule has 1 aromatic carbocycles. The molecular weight excluding hydrogens is 180 g/mol. The predicted molar refractivity (Wildman–Crippen MR) is 52.5 cm³/mol. The van der Waals surface area contributed by atoms with Crippen molar-refractivity contribution < 1.29 is 4.79 Å². The van der Waals surface area contributed by atoms with Crippen LogP contribution in [0.5, 0.6) is 0 Å². The molecule has 5 heteroatoms. The van der Waals surface area contributed by atoms with Crippen LogP contribution in [0, 0.1) is 0 Å². The summed E-state index contributed by atoms with van der Waals surface area (Å²) in [6.07, 6.45) is 0. The number of hydrogen-bond acceptors (Lipinski definition) is 4. The van der Waals surface area contributed by atoms with Crippen molar-refractivity contribution in [3.8, 4) is 0 Å². The highest BCUT2D eigenvalue weighted by Crippen LogP contribution is 2.13. The fraction of sp³-hybridized carbons (Fsp3) is 0. The molecule has 0 fully saturated rings. The molecule has 5 nitrogen and oxygen atoms in total. The molecular formula is C9H8N4O. The number of hydrogen-bond donors (Lipinski definition) is 2. The second kappa shape index (κ2) is 2.95. The lowest BCUT2D eigenvalue weighted by atomic mass is 10.3. The normalized spacial score (nSPS) is 10.3. The predicted octanol–water partition coefficient (Wildman–Crippen LogP) is 0.311. The van der Waals surface area contributed by atoms with Gasteiger partial charge in [0.25, 0.3) is 5.91 Å². The fourth-order valence-electron chi connectivity index (χ4n) is 1.20. The van der Waals surface area contributed by atoms with E-state index in [1.54, 1.807) is 18.2 Å². The molecule has 1 heterocycles. The average Bonchev–Trinajstić information content (AvgIpc) is 2.16. The smallest absolute Gasteiger partial charge is 0.271 e. The lowest BCUT2D eigenvalue weighted by Crippen LogP contribution is -2.16. The highest BCUT2D eigenvalue weighted by Gasteiger charge is 2.09. The van der Waals surface area contributed by atoms with Crippen LogP contribution in [0.15, 0.2) is 24.3 Å². The van der Waals surface area contributed by atoms with E-state index in [0.717, 1.165) is 0 Å². The summed E-state index contributed by atoms with van der Waals surface area (Å²) in [6, 6.07) is 7.13. The molecule has 2 aromatic rings. The first kappa shape index (κ1) is 8.43. The monoisotopic (exact) mass is 188 g/mol. The van der Waals surface area contributed by atoms with Crippen LogP contribution in [0.25, 0.3) is 11.0 Å². The van der Waals surface area contributed by atoms with E-state index in [0.29, 0.717) is 11.0 Å². The lowest BCUT2D eigenvalue weighted by molar-refractivity contribution is 0.0996. The summed E-state index contributed by atoms with van der Waals surface area (Å²) >= 11 is 0. The van der Waals surface area contributed by atoms with Crippen molar-refractivity contribution in [1.82, 2.24) is 9.97 Å². The largest absolute Gasteiger partial charge is 0.382 e. The Morgan fingerprint density at radius 2 is 1.71 bits per heavy atom. The Morgan fingerprint density at radius 3 is 2.29 bits per heavy atom. The van der Waals surface area contributed by atoms with Crippen molar-refractivity contribution >= 4 is 22.8 Å². The Labute approximate surface area is 79.8 Å². The van der Waals surface area contributed by atoms with Gasteiger partial charge in [-0.2, -0.15) is 0 Å². The van der Waals surface area contributed by atoms with Gasteiger partial charge in [0.1, 0.15) is 0 Å². The molecule has 14 heavy (non-hydrogen) atoms. The van der Waals surface area contributed by atoms with E-state index in [9.17, 15) is 4.79 Å². The maximum atomic E-state index is 10.9. The Kier molecular flexibility index (Phi) is 1.78. The van der Waals surface area contributed by atoms with E-state index >= 15 is 0 Å². The van der Waals surface area contributed by atoms with Crippen LogP contribution in [0.4, 0.5) is 5.82 Å². The number of carbonyl (C=O) groups excluding carboxylic acids is 1. The average molecular weight is 188 g/mol. The SMILES string of the molecule is NC(=O)c1nc2ccccc2nc1N. The Morgan fingerprint density at radius 1 is 1.14 bits per heavy atom. The third-order valence-electron chi connectivity index (χ3n) is 1.83. The Balaban J connectivity index is 2.77. The van der Waals surface area contributed by atoms with Crippen molar-refractivity contribution in [2.45, 2.75) is 0 Å². The maximum Gasteiger partial charge on any atom is 0.271 e. The van der Waals surface area contributed by atoms with Crippen molar-refractivity contribution in [3.05, 3.63) is 30.0 Å². The van der Waals surface area contributed by atoms with Crippen LogP contribution < -0.4 is 11.5 Å². The van der Waals surface area contributed by atoms with Crippen molar-refractivity contribution in [3.63, 3.8) is 0 Å². The molecule has 0 aliphatic rings. The summed E-state index contributed by atoms with van der Waals surface area (Å²) in [7, 11) is 0. The molecule has 0 spiro atoms. The fourth-order valence-corrected chi connectivity index (χ4v) is 1.20. The first-order chi connectivity index (χ1) is 6.68. The lowest BCUT2D eigenvalue weighted by Gasteiger charge is -2.01. The van der Waals surface area contributed by atoms with Gasteiger partial charge in [0.05, 0.1) is 11.0 Å². The zero-order valence-electron chi connectivity index (χ0n) is 7.27. The van der Waals surface area contributed by atoms with Crippen LogP contribution in [-0.2, 0) is 0 Å². The van der Waals surface area contributed by atoms with Gasteiger partial charge in [-0.05, 0) is 12.1 Å². The van der Waals surface area contributed by atoms with Gasteiger partial charge in [0, 0.05) is 0 Å². The molecule has 0 bridgehead atoms. The number of benzene rings is 1. The van der Waals surface area contributed by atoms with E-state index in [1.807, 2.05) is 6.07 Å². The standard InChI is InChI=1S/C9H8N4O/c10-8-7(9(11)14)12-5-3-1-2-4-6(5)13-8/h1-4H,(H2,10,13)(H2,11,14). The molecule has 0 saturated carbocycles. The van der Waals surface area contributed by atoms with E-state index < -0.39 is 5.91 Å². The van der Waals surface area contributed by atoms with E-state index in [4.69, 9.17) is 11.5 Å². The summed E-state index contributed by atoms with van der Waals surface area (Å²) in [5.74, 6) is -0.600. The Hall–Kier alpha value is -2.17. The molecule has 70 valence electrons. The third kappa shape index (κ3) is 1.24. The van der Waals surface area contributed by atoms with E-state index in [2.05, 4.69) is 9.97 Å². The van der Waals surface area contributed by atoms with Gasteiger partial charge in [-0.3, -0.25) is 4.79 Å². The van der Waals surface area contributed by atoms with Gasteiger partial charge in [-0.15, -0.1) is 0 Å². The van der Waals surface area contributed by atoms with Crippen LogP contribution in [-0.4, -0.2) is 15.9 Å². The molecule has 0 radical (unpaired) electrons. The number of fused-ring (bicyclic) bond motifs is 1. The second-order valence-electron chi connectivity index (χ2n) is 2.81. The molecule has 4 N–H and O–H groups in total. The minimum atomic E-state index is -0.666. The molecule has 0 saturated heterocycles. The number of nitrogens with two attached hydrogens (primary N) is 2. The van der Waals surface area contributed by atoms with Gasteiger partial charge in [0.2, 0.25) is 0 Å². The van der Waals surface area contributed by atoms with Crippen LogP contribution >= 0.6 is 0 Å². The molecule has 1 amide bonds. The van der Waals surface area contributed by atoms with Crippen LogP contribution in [0.3, 0.4) is 0 Å². The zero-order chi connectivity index (χ0) is 10.1. The quantitative estimate of drug-likeness (QED) is 0.673. The molecule has 2 rings (SSSR count). The second-order valence-corrected chi connectivity index (χ2v) is 2.81. The van der Waals surface area contributed by atoms with Gasteiger partial charge >= 0.3 is 0 Å². The van der Waals surface area contributed by atoms with E-state index in [-0.39, 0.29) is 11.5 Å². The van der Waals surface area contributed by atoms with Crippen molar-refractivity contribution in [2.75, 3.05) is 5.73 Å². The number of nitrogen functional groups attached to an aromatic ring is 1. The molecule has 1 aromatic heterocycles. The number of primary amides is 1. The molecule has 0 aliphatic heterocycles.